The molecule has 0 aliphatic carbocycles. The standard InChI is InChI=1S/C19H27FN4O2/c1-23-10-9-16-18(23)19(26)22-12-15(24(16)2)7-8-17(25)21-11-13-3-5-14(20)6-4-13/h3-6,15-16,18H,7-12H2,1-2H3,(H,21,25)(H,22,26). The highest BCUT2D eigenvalue weighted by Crippen LogP contribution is 2.25. The Balaban J connectivity index is 1.49. The van der Waals surface area contributed by atoms with Gasteiger partial charge >= 0.3 is 0 Å². The normalized spacial score (nSPS) is 26.9. The van der Waals surface area contributed by atoms with Crippen molar-refractivity contribution in [3.05, 3.63) is 35.6 Å². The van der Waals surface area contributed by atoms with Crippen molar-refractivity contribution in [2.24, 2.45) is 0 Å². The maximum absolute atomic E-state index is 12.9. The average molecular weight is 362 g/mol. The van der Waals surface area contributed by atoms with E-state index in [-0.39, 0.29) is 35.8 Å². The fourth-order valence-electron chi connectivity index (χ4n) is 3.96. The molecule has 0 saturated carbocycles. The van der Waals surface area contributed by atoms with Crippen LogP contribution in [0.25, 0.3) is 0 Å². The van der Waals surface area contributed by atoms with Gasteiger partial charge in [-0.15, -0.1) is 0 Å². The van der Waals surface area contributed by atoms with E-state index >= 15 is 0 Å². The fraction of sp³-hybridized carbons (Fsp3) is 0.579. The van der Waals surface area contributed by atoms with Gasteiger partial charge in [-0.1, -0.05) is 12.1 Å². The van der Waals surface area contributed by atoms with Crippen molar-refractivity contribution in [1.29, 1.82) is 0 Å². The molecule has 2 N–H and O–H groups in total. The van der Waals surface area contributed by atoms with Crippen molar-refractivity contribution in [2.75, 3.05) is 27.2 Å². The molecule has 7 heteroatoms. The van der Waals surface area contributed by atoms with E-state index in [0.717, 1.165) is 18.5 Å². The number of fused-ring (bicyclic) bond motifs is 1. The first-order valence-corrected chi connectivity index (χ1v) is 9.16. The molecule has 2 aliphatic rings. The van der Waals surface area contributed by atoms with Crippen molar-refractivity contribution >= 4 is 11.8 Å². The SMILES string of the molecule is CN1CCC2C1C(=O)NCC(CCC(=O)NCc1ccc(F)cc1)N2C. The Morgan fingerprint density at radius 3 is 2.77 bits per heavy atom. The van der Waals surface area contributed by atoms with Crippen LogP contribution in [0, 0.1) is 5.82 Å². The molecule has 2 heterocycles. The topological polar surface area (TPSA) is 64.7 Å². The Hall–Kier alpha value is -1.99. The van der Waals surface area contributed by atoms with Crippen LogP contribution in [-0.4, -0.2) is 66.9 Å². The number of carbonyl (C=O) groups is 2. The van der Waals surface area contributed by atoms with Crippen molar-refractivity contribution in [2.45, 2.75) is 43.9 Å². The van der Waals surface area contributed by atoms with Crippen LogP contribution >= 0.6 is 0 Å². The molecular formula is C19H27FN4O2. The lowest BCUT2D eigenvalue weighted by Gasteiger charge is -2.32. The van der Waals surface area contributed by atoms with E-state index in [4.69, 9.17) is 0 Å². The lowest BCUT2D eigenvalue weighted by atomic mass is 10.0. The summed E-state index contributed by atoms with van der Waals surface area (Å²) in [5.41, 5.74) is 0.871. The summed E-state index contributed by atoms with van der Waals surface area (Å²) in [6.45, 7) is 1.88. The van der Waals surface area contributed by atoms with Gasteiger partial charge in [-0.05, 0) is 44.6 Å². The minimum absolute atomic E-state index is 0.0293. The number of rotatable bonds is 5. The molecule has 3 rings (SSSR count). The molecule has 0 spiro atoms. The molecule has 6 nitrogen and oxygen atoms in total. The highest BCUT2D eigenvalue weighted by Gasteiger charge is 2.43. The summed E-state index contributed by atoms with van der Waals surface area (Å²) in [6.07, 6.45) is 2.07. The maximum atomic E-state index is 12.9. The molecule has 3 atom stereocenters. The third-order valence-electron chi connectivity index (χ3n) is 5.60. The van der Waals surface area contributed by atoms with Crippen LogP contribution in [0.4, 0.5) is 4.39 Å². The van der Waals surface area contributed by atoms with Crippen molar-refractivity contribution in [3.63, 3.8) is 0 Å². The quantitative estimate of drug-likeness (QED) is 0.810. The molecule has 2 aliphatic heterocycles. The van der Waals surface area contributed by atoms with Gasteiger partial charge in [0, 0.05) is 38.1 Å². The highest BCUT2D eigenvalue weighted by atomic mass is 19.1. The van der Waals surface area contributed by atoms with E-state index in [1.54, 1.807) is 12.1 Å². The van der Waals surface area contributed by atoms with Crippen LogP contribution in [-0.2, 0) is 16.1 Å². The fourth-order valence-corrected chi connectivity index (χ4v) is 3.96. The summed E-state index contributed by atoms with van der Waals surface area (Å²) in [5.74, 6) is -0.224. The lowest BCUT2D eigenvalue weighted by Crippen LogP contribution is -2.48. The van der Waals surface area contributed by atoms with Gasteiger partial charge in [-0.3, -0.25) is 19.4 Å². The van der Waals surface area contributed by atoms with Crippen molar-refractivity contribution in [1.82, 2.24) is 20.4 Å². The molecule has 142 valence electrons. The number of amides is 2. The number of nitrogens with one attached hydrogen (secondary N) is 2. The van der Waals surface area contributed by atoms with E-state index in [1.807, 2.05) is 7.05 Å². The average Bonchev–Trinajstić information content (AvgIpc) is 2.96. The molecule has 2 saturated heterocycles. The molecule has 0 aromatic heterocycles. The smallest absolute Gasteiger partial charge is 0.239 e. The van der Waals surface area contributed by atoms with Gasteiger partial charge in [-0.25, -0.2) is 4.39 Å². The lowest BCUT2D eigenvalue weighted by molar-refractivity contribution is -0.125. The molecule has 26 heavy (non-hydrogen) atoms. The van der Waals surface area contributed by atoms with Gasteiger partial charge < -0.3 is 10.6 Å². The molecule has 0 radical (unpaired) electrons. The maximum Gasteiger partial charge on any atom is 0.239 e. The van der Waals surface area contributed by atoms with Crippen LogP contribution in [0.2, 0.25) is 0 Å². The first-order chi connectivity index (χ1) is 12.5. The number of hydrogen-bond donors (Lipinski definition) is 2. The minimum Gasteiger partial charge on any atom is -0.353 e. The molecule has 2 fully saturated rings. The van der Waals surface area contributed by atoms with Crippen molar-refractivity contribution in [3.8, 4) is 0 Å². The van der Waals surface area contributed by atoms with Gasteiger partial charge in [0.15, 0.2) is 0 Å². The second kappa shape index (κ2) is 8.14. The summed E-state index contributed by atoms with van der Waals surface area (Å²) in [7, 11) is 4.04. The summed E-state index contributed by atoms with van der Waals surface area (Å²) >= 11 is 0. The predicted octanol–water partition coefficient (Wildman–Crippen LogP) is 0.725. The number of carbonyl (C=O) groups excluding carboxylic acids is 2. The molecule has 0 bridgehead atoms. The first-order valence-electron chi connectivity index (χ1n) is 9.16. The second-order valence-corrected chi connectivity index (χ2v) is 7.29. The Morgan fingerprint density at radius 1 is 1.31 bits per heavy atom. The van der Waals surface area contributed by atoms with Gasteiger partial charge in [0.05, 0.1) is 0 Å². The van der Waals surface area contributed by atoms with Crippen LogP contribution in [0.15, 0.2) is 24.3 Å². The third-order valence-corrected chi connectivity index (χ3v) is 5.60. The summed E-state index contributed by atoms with van der Waals surface area (Å²) < 4.78 is 12.9. The van der Waals surface area contributed by atoms with Crippen LogP contribution in [0.5, 0.6) is 0 Å². The molecule has 1 aromatic rings. The zero-order valence-corrected chi connectivity index (χ0v) is 15.4. The zero-order valence-electron chi connectivity index (χ0n) is 15.4. The highest BCUT2D eigenvalue weighted by molar-refractivity contribution is 5.83. The number of likely N-dealkylation sites (N-methyl/N-ethyl adjacent to an activating group) is 2. The number of likely N-dealkylation sites (tertiary alicyclic amines) is 1. The van der Waals surface area contributed by atoms with E-state index in [1.165, 1.54) is 12.1 Å². The molecule has 2 amide bonds. The summed E-state index contributed by atoms with van der Waals surface area (Å²) in [6, 6.07) is 6.37. The Morgan fingerprint density at radius 2 is 2.04 bits per heavy atom. The van der Waals surface area contributed by atoms with E-state index in [0.29, 0.717) is 25.9 Å². The summed E-state index contributed by atoms with van der Waals surface area (Å²) in [4.78, 5) is 28.9. The molecule has 1 aromatic carbocycles. The number of hydrogen-bond acceptors (Lipinski definition) is 4. The Bertz CT molecular complexity index is 651. The second-order valence-electron chi connectivity index (χ2n) is 7.29. The van der Waals surface area contributed by atoms with Crippen LogP contribution < -0.4 is 10.6 Å². The van der Waals surface area contributed by atoms with Crippen LogP contribution in [0.1, 0.15) is 24.8 Å². The third kappa shape index (κ3) is 4.22. The van der Waals surface area contributed by atoms with E-state index in [2.05, 4.69) is 27.5 Å². The van der Waals surface area contributed by atoms with Gasteiger partial charge in [0.25, 0.3) is 0 Å². The Kier molecular flexibility index (Phi) is 5.88. The van der Waals surface area contributed by atoms with E-state index < -0.39 is 0 Å². The van der Waals surface area contributed by atoms with Crippen molar-refractivity contribution < 1.29 is 14.0 Å². The summed E-state index contributed by atoms with van der Waals surface area (Å²) in [5, 5.41) is 5.90. The number of nitrogens with zero attached hydrogens (tertiary/aromatic N) is 2. The zero-order chi connectivity index (χ0) is 18.7. The Labute approximate surface area is 153 Å². The molecular weight excluding hydrogens is 335 g/mol. The minimum atomic E-state index is -0.283. The van der Waals surface area contributed by atoms with E-state index in [9.17, 15) is 14.0 Å². The monoisotopic (exact) mass is 362 g/mol. The number of benzene rings is 1. The van der Waals surface area contributed by atoms with Crippen LogP contribution in [0.3, 0.4) is 0 Å². The number of halogens is 1. The first kappa shape index (κ1) is 18.8. The van der Waals surface area contributed by atoms with Gasteiger partial charge in [0.2, 0.25) is 11.8 Å². The molecule has 3 unspecified atom stereocenters. The van der Waals surface area contributed by atoms with Gasteiger partial charge in [0.1, 0.15) is 11.9 Å². The predicted molar refractivity (Wildman–Crippen MR) is 96.9 cm³/mol. The van der Waals surface area contributed by atoms with Gasteiger partial charge in [-0.2, -0.15) is 0 Å². The largest absolute Gasteiger partial charge is 0.353 e.